The number of alkyl halides is 9. The van der Waals surface area contributed by atoms with E-state index in [9.17, 15) is 39.5 Å². The Hall–Kier alpha value is -3.04. The summed E-state index contributed by atoms with van der Waals surface area (Å²) in [5.74, 6) is 0. The summed E-state index contributed by atoms with van der Waals surface area (Å²) in [4.78, 5) is 0. The van der Waals surface area contributed by atoms with Crippen molar-refractivity contribution < 1.29 is 56.4 Å². The summed E-state index contributed by atoms with van der Waals surface area (Å²) in [5, 5.41) is 0. The molecule has 0 aliphatic heterocycles. The zero-order chi connectivity index (χ0) is 34.2. The fraction of sp³-hybridized carbons (Fsp3) is 0.320. The molecule has 2 aromatic carbocycles. The standard InChI is InChI=1S/C25H21F9N/c1-12-7-21(35(5)11-15(12)4)17-10-18(14(3)6-13(17)2)22-19(24(29,30)31)8-16(23(26,27)28)9-20(22)25(32,33)34/h6-11H,1-5H3/q+1/i1D3,3D3,4D3. The molecule has 0 unspecified atom stereocenters. The van der Waals surface area contributed by atoms with Crippen LogP contribution in [0.3, 0.4) is 0 Å². The van der Waals surface area contributed by atoms with Crippen LogP contribution in [0.2, 0.25) is 0 Å². The first-order chi connectivity index (χ1) is 19.5. The third-order valence-corrected chi connectivity index (χ3v) is 5.26. The maximum atomic E-state index is 14.2. The van der Waals surface area contributed by atoms with Gasteiger partial charge in [0.25, 0.3) is 0 Å². The molecule has 0 radical (unpaired) electrons. The van der Waals surface area contributed by atoms with Crippen molar-refractivity contribution in [2.45, 2.75) is 46.0 Å². The van der Waals surface area contributed by atoms with Crippen molar-refractivity contribution in [2.75, 3.05) is 0 Å². The van der Waals surface area contributed by atoms with Gasteiger partial charge in [-0.15, -0.1) is 0 Å². The van der Waals surface area contributed by atoms with Gasteiger partial charge in [0.1, 0.15) is 7.05 Å². The second-order valence-electron chi connectivity index (χ2n) is 7.75. The average Bonchev–Trinajstić information content (AvgIpc) is 2.79. The van der Waals surface area contributed by atoms with E-state index in [1.807, 2.05) is 0 Å². The molecule has 10 heteroatoms. The van der Waals surface area contributed by atoms with E-state index in [1.54, 1.807) is 0 Å². The monoisotopic (exact) mass is 515 g/mol. The first-order valence-electron chi connectivity index (χ1n) is 14.1. The lowest BCUT2D eigenvalue weighted by Gasteiger charge is -2.23. The van der Waals surface area contributed by atoms with Gasteiger partial charge in [0, 0.05) is 35.1 Å². The van der Waals surface area contributed by atoms with Crippen molar-refractivity contribution in [3.63, 3.8) is 0 Å². The van der Waals surface area contributed by atoms with Crippen molar-refractivity contribution in [3.8, 4) is 22.4 Å². The zero-order valence-electron chi connectivity index (χ0n) is 26.8. The van der Waals surface area contributed by atoms with Crippen molar-refractivity contribution >= 4 is 0 Å². The molecule has 35 heavy (non-hydrogen) atoms. The third-order valence-electron chi connectivity index (χ3n) is 5.26. The Morgan fingerprint density at radius 2 is 1.17 bits per heavy atom. The second-order valence-corrected chi connectivity index (χ2v) is 7.75. The molecule has 188 valence electrons. The number of rotatable bonds is 2. The molecule has 0 aliphatic carbocycles. The van der Waals surface area contributed by atoms with E-state index >= 15 is 0 Å². The number of nitrogens with zero attached hydrogens (tertiary/aromatic N) is 1. The predicted octanol–water partition coefficient (Wildman–Crippen LogP) is 8.14. The van der Waals surface area contributed by atoms with Crippen LogP contribution in [0.15, 0.2) is 36.5 Å². The molecule has 0 amide bonds. The summed E-state index contributed by atoms with van der Waals surface area (Å²) < 4.78 is 197. The van der Waals surface area contributed by atoms with Crippen LogP contribution >= 0.6 is 0 Å². The molecule has 1 nitrogen and oxygen atoms in total. The minimum atomic E-state index is -5.84. The van der Waals surface area contributed by atoms with Crippen molar-refractivity contribution in [1.29, 1.82) is 0 Å². The van der Waals surface area contributed by atoms with E-state index in [0.29, 0.717) is 6.07 Å². The zero-order valence-corrected chi connectivity index (χ0v) is 17.8. The molecule has 1 heterocycles. The Morgan fingerprint density at radius 1 is 0.629 bits per heavy atom. The third kappa shape index (κ3) is 5.16. The Kier molecular flexibility index (Phi) is 4.06. The number of halogens is 9. The fourth-order valence-corrected chi connectivity index (χ4v) is 3.65. The highest BCUT2D eigenvalue weighted by atomic mass is 19.4. The smallest absolute Gasteiger partial charge is 0.201 e. The summed E-state index contributed by atoms with van der Waals surface area (Å²) in [7, 11) is 1.20. The topological polar surface area (TPSA) is 3.88 Å². The first kappa shape index (κ1) is 16.6. The summed E-state index contributed by atoms with van der Waals surface area (Å²) in [5.41, 5.74) is -13.3. The van der Waals surface area contributed by atoms with Crippen LogP contribution in [-0.4, -0.2) is 0 Å². The van der Waals surface area contributed by atoms with Crippen molar-refractivity contribution in [3.05, 3.63) is 75.5 Å². The van der Waals surface area contributed by atoms with Crippen LogP contribution in [0.4, 0.5) is 39.5 Å². The Balaban J connectivity index is 2.64. The Morgan fingerprint density at radius 3 is 1.63 bits per heavy atom. The van der Waals surface area contributed by atoms with E-state index < -0.39 is 95.7 Å². The Bertz CT molecular complexity index is 1560. The van der Waals surface area contributed by atoms with Crippen LogP contribution in [0.25, 0.3) is 22.4 Å². The van der Waals surface area contributed by atoms with Gasteiger partial charge in [0.15, 0.2) is 6.20 Å². The van der Waals surface area contributed by atoms with Gasteiger partial charge in [-0.25, -0.2) is 4.57 Å². The number of benzene rings is 2. The quantitative estimate of drug-likeness (QED) is 0.240. The van der Waals surface area contributed by atoms with Crippen LogP contribution < -0.4 is 4.57 Å². The van der Waals surface area contributed by atoms with Crippen LogP contribution in [0, 0.1) is 27.5 Å². The normalized spacial score (nSPS) is 17.7. The van der Waals surface area contributed by atoms with Gasteiger partial charge < -0.3 is 0 Å². The summed E-state index contributed by atoms with van der Waals surface area (Å²) in [6.45, 7) is -8.20. The molecule has 0 fully saturated rings. The number of aryl methyl sites for hydroxylation is 5. The minimum Gasteiger partial charge on any atom is -0.201 e. The van der Waals surface area contributed by atoms with Crippen LogP contribution in [-0.2, 0) is 25.6 Å². The Labute approximate surface area is 208 Å². The summed E-state index contributed by atoms with van der Waals surface area (Å²) in [6, 6.07) is 1.04. The van der Waals surface area contributed by atoms with Crippen molar-refractivity contribution in [2.24, 2.45) is 7.05 Å². The molecule has 3 aromatic rings. The highest BCUT2D eigenvalue weighted by molar-refractivity contribution is 5.80. The lowest BCUT2D eigenvalue weighted by atomic mass is 9.86. The molecule has 0 saturated heterocycles. The predicted molar refractivity (Wildman–Crippen MR) is 112 cm³/mol. The maximum absolute atomic E-state index is 14.2. The second kappa shape index (κ2) is 8.57. The lowest BCUT2D eigenvalue weighted by molar-refractivity contribution is -0.660. The highest BCUT2D eigenvalue weighted by Gasteiger charge is 2.45. The first-order valence-corrected chi connectivity index (χ1v) is 9.56. The van der Waals surface area contributed by atoms with Crippen molar-refractivity contribution in [1.82, 2.24) is 0 Å². The van der Waals surface area contributed by atoms with Gasteiger partial charge in [0.05, 0.1) is 16.7 Å². The van der Waals surface area contributed by atoms with E-state index in [-0.39, 0.29) is 16.8 Å². The largest absolute Gasteiger partial charge is 0.417 e. The molecule has 0 atom stereocenters. The van der Waals surface area contributed by atoms with E-state index in [4.69, 9.17) is 12.3 Å². The molecule has 0 aliphatic rings. The van der Waals surface area contributed by atoms with E-state index in [0.717, 1.165) is 22.9 Å². The van der Waals surface area contributed by atoms with Gasteiger partial charge in [-0.2, -0.15) is 39.5 Å². The molecule has 0 N–H and O–H groups in total. The molecule has 0 bridgehead atoms. The number of aromatic nitrogens is 1. The summed E-state index contributed by atoms with van der Waals surface area (Å²) in [6.07, 6.45) is -16.4. The van der Waals surface area contributed by atoms with Crippen LogP contribution in [0.1, 0.15) is 51.3 Å². The highest BCUT2D eigenvalue weighted by Crippen LogP contribution is 2.48. The number of pyridine rings is 1. The maximum Gasteiger partial charge on any atom is 0.417 e. The molecular formula is C25H21F9N+. The molecule has 0 saturated carbocycles. The molecule has 0 spiro atoms. The van der Waals surface area contributed by atoms with Gasteiger partial charge in [-0.1, -0.05) is 6.07 Å². The van der Waals surface area contributed by atoms with Crippen LogP contribution in [0.5, 0.6) is 0 Å². The lowest BCUT2D eigenvalue weighted by Crippen LogP contribution is -2.31. The number of hydrogen-bond acceptors (Lipinski definition) is 0. The summed E-state index contributed by atoms with van der Waals surface area (Å²) >= 11 is 0. The minimum absolute atomic E-state index is 0.0948. The average molecular weight is 515 g/mol. The van der Waals surface area contributed by atoms with Gasteiger partial charge in [-0.05, 0) is 67.9 Å². The molecule has 1 aromatic heterocycles. The fourth-order valence-electron chi connectivity index (χ4n) is 3.65. The van der Waals surface area contributed by atoms with Gasteiger partial charge >= 0.3 is 18.5 Å². The van der Waals surface area contributed by atoms with E-state index in [1.165, 1.54) is 14.0 Å². The van der Waals surface area contributed by atoms with Gasteiger partial charge in [-0.3, -0.25) is 0 Å². The van der Waals surface area contributed by atoms with Gasteiger partial charge in [0.2, 0.25) is 5.69 Å². The molecule has 3 rings (SSSR count). The number of hydrogen-bond donors (Lipinski definition) is 0. The van der Waals surface area contributed by atoms with E-state index in [2.05, 4.69) is 0 Å². The molecular weight excluding hydrogens is 485 g/mol. The SMILES string of the molecule is [2H]C([2H])([2H])c1cc(C)c(-c2cc(C([2H])([2H])[2H])c(C([2H])([2H])[2H])c[n+]2C)cc1-c1c(C(F)(F)F)cc(C(F)(F)F)cc1C(F)(F)F.